The quantitative estimate of drug-likeness (QED) is 0.756. The van der Waals surface area contributed by atoms with Gasteiger partial charge < -0.3 is 15.7 Å². The van der Waals surface area contributed by atoms with Crippen molar-refractivity contribution < 1.29 is 5.11 Å². The van der Waals surface area contributed by atoms with Crippen LogP contribution in [0.25, 0.3) is 0 Å². The van der Waals surface area contributed by atoms with Gasteiger partial charge in [-0.25, -0.2) is 0 Å². The van der Waals surface area contributed by atoms with Crippen molar-refractivity contribution in [2.45, 2.75) is 12.5 Å². The lowest BCUT2D eigenvalue weighted by molar-refractivity contribution is 0.416. The van der Waals surface area contributed by atoms with Crippen molar-refractivity contribution in [3.8, 4) is 5.75 Å². The van der Waals surface area contributed by atoms with Crippen LogP contribution in [0.2, 0.25) is 0 Å². The molecule has 1 aromatic rings. The lowest BCUT2D eigenvalue weighted by Crippen LogP contribution is -2.49. The first kappa shape index (κ1) is 15.5. The Morgan fingerprint density at radius 3 is 2.38 bits per heavy atom. The molecule has 0 bridgehead atoms. The van der Waals surface area contributed by atoms with E-state index in [0.29, 0.717) is 11.8 Å². The highest BCUT2D eigenvalue weighted by Gasteiger charge is 2.11. The molecule has 1 saturated heterocycles. The Balaban J connectivity index is 0.00000112. The van der Waals surface area contributed by atoms with Crippen LogP contribution in [-0.2, 0) is 6.42 Å². The minimum atomic E-state index is 0. The lowest BCUT2D eigenvalue weighted by atomic mass is 10.0. The Bertz CT molecular complexity index is 287. The Morgan fingerprint density at radius 1 is 1.12 bits per heavy atom. The molecule has 1 aromatic carbocycles. The molecule has 16 heavy (non-hydrogen) atoms. The summed E-state index contributed by atoms with van der Waals surface area (Å²) in [5.41, 5.74) is 1.27. The van der Waals surface area contributed by atoms with E-state index in [1.807, 2.05) is 12.1 Å². The van der Waals surface area contributed by atoms with E-state index in [-0.39, 0.29) is 24.8 Å². The molecular formula is C11H18Cl2N2O. The average molecular weight is 265 g/mol. The van der Waals surface area contributed by atoms with Gasteiger partial charge in [0, 0.05) is 25.7 Å². The van der Waals surface area contributed by atoms with Crippen LogP contribution in [-0.4, -0.2) is 30.8 Å². The highest BCUT2D eigenvalue weighted by Crippen LogP contribution is 2.11. The monoisotopic (exact) mass is 264 g/mol. The van der Waals surface area contributed by atoms with Gasteiger partial charge in [0.05, 0.1) is 0 Å². The van der Waals surface area contributed by atoms with Crippen LogP contribution in [0.5, 0.6) is 5.75 Å². The summed E-state index contributed by atoms with van der Waals surface area (Å²) in [6, 6.07) is 7.96. The molecule has 3 N–H and O–H groups in total. The zero-order valence-electron chi connectivity index (χ0n) is 8.98. The molecule has 1 heterocycles. The van der Waals surface area contributed by atoms with Gasteiger partial charge in [0.25, 0.3) is 0 Å². The molecule has 1 aliphatic rings. The number of hydrogen-bond acceptors (Lipinski definition) is 3. The molecule has 0 aliphatic carbocycles. The van der Waals surface area contributed by atoms with E-state index in [1.165, 1.54) is 5.56 Å². The number of phenolic OH excluding ortho intramolecular Hbond substituents is 1. The predicted molar refractivity (Wildman–Crippen MR) is 71.0 cm³/mol. The third-order valence-electron chi connectivity index (χ3n) is 2.54. The van der Waals surface area contributed by atoms with Crippen molar-refractivity contribution in [1.82, 2.24) is 10.6 Å². The van der Waals surface area contributed by atoms with E-state index in [2.05, 4.69) is 10.6 Å². The van der Waals surface area contributed by atoms with E-state index in [9.17, 15) is 0 Å². The fraction of sp³-hybridized carbons (Fsp3) is 0.455. The fourth-order valence-electron chi connectivity index (χ4n) is 1.77. The van der Waals surface area contributed by atoms with E-state index in [4.69, 9.17) is 5.11 Å². The van der Waals surface area contributed by atoms with Crippen LogP contribution in [0.1, 0.15) is 5.56 Å². The van der Waals surface area contributed by atoms with Gasteiger partial charge in [-0.1, -0.05) is 12.1 Å². The van der Waals surface area contributed by atoms with Crippen LogP contribution in [0.3, 0.4) is 0 Å². The molecular weight excluding hydrogens is 247 g/mol. The molecule has 0 amide bonds. The van der Waals surface area contributed by atoms with Gasteiger partial charge in [0.2, 0.25) is 0 Å². The normalized spacial score (nSPS) is 19.4. The van der Waals surface area contributed by atoms with E-state index >= 15 is 0 Å². The van der Waals surface area contributed by atoms with Gasteiger partial charge in [0.15, 0.2) is 0 Å². The second-order valence-corrected chi connectivity index (χ2v) is 3.73. The second kappa shape index (κ2) is 7.74. The summed E-state index contributed by atoms with van der Waals surface area (Å²) in [7, 11) is 0. The molecule has 3 nitrogen and oxygen atoms in total. The molecule has 92 valence electrons. The molecule has 1 aliphatic heterocycles. The molecule has 1 fully saturated rings. The van der Waals surface area contributed by atoms with Crippen LogP contribution in [0.4, 0.5) is 0 Å². The summed E-state index contributed by atoms with van der Waals surface area (Å²) in [5, 5.41) is 15.9. The number of nitrogens with one attached hydrogen (secondary N) is 2. The molecule has 0 radical (unpaired) electrons. The van der Waals surface area contributed by atoms with Crippen LogP contribution < -0.4 is 10.6 Å². The van der Waals surface area contributed by atoms with Gasteiger partial charge in [-0.3, -0.25) is 0 Å². The van der Waals surface area contributed by atoms with Crippen molar-refractivity contribution in [2.75, 3.05) is 19.6 Å². The maximum atomic E-state index is 9.13. The zero-order chi connectivity index (χ0) is 9.80. The molecule has 0 aromatic heterocycles. The summed E-state index contributed by atoms with van der Waals surface area (Å²) in [6.07, 6.45) is 1.02. The standard InChI is InChI=1S/C11H16N2O.2ClH/c14-11-3-1-9(2-4-11)7-10-8-12-5-6-13-10;;/h1-4,10,12-14H,5-8H2;2*1H. The van der Waals surface area contributed by atoms with Crippen LogP contribution in [0.15, 0.2) is 24.3 Å². The van der Waals surface area contributed by atoms with Gasteiger partial charge in [-0.05, 0) is 24.1 Å². The molecule has 0 saturated carbocycles. The van der Waals surface area contributed by atoms with Gasteiger partial charge in [0.1, 0.15) is 5.75 Å². The Kier molecular flexibility index (Phi) is 7.51. The Labute approximate surface area is 108 Å². The Morgan fingerprint density at radius 2 is 1.81 bits per heavy atom. The maximum Gasteiger partial charge on any atom is 0.115 e. The molecule has 0 spiro atoms. The SMILES string of the molecule is Cl.Cl.Oc1ccc(CC2CNCCN2)cc1. The summed E-state index contributed by atoms with van der Waals surface area (Å²) >= 11 is 0. The number of piperazine rings is 1. The first-order chi connectivity index (χ1) is 6.84. The summed E-state index contributed by atoms with van der Waals surface area (Å²) in [4.78, 5) is 0. The Hall–Kier alpha value is -0.480. The first-order valence-electron chi connectivity index (χ1n) is 5.06. The van der Waals surface area contributed by atoms with Crippen molar-refractivity contribution in [3.05, 3.63) is 29.8 Å². The second-order valence-electron chi connectivity index (χ2n) is 3.73. The summed E-state index contributed by atoms with van der Waals surface area (Å²) < 4.78 is 0. The smallest absolute Gasteiger partial charge is 0.115 e. The largest absolute Gasteiger partial charge is 0.508 e. The third-order valence-corrected chi connectivity index (χ3v) is 2.54. The number of benzene rings is 1. The fourth-order valence-corrected chi connectivity index (χ4v) is 1.77. The van der Waals surface area contributed by atoms with Gasteiger partial charge >= 0.3 is 0 Å². The van der Waals surface area contributed by atoms with Crippen molar-refractivity contribution >= 4 is 24.8 Å². The molecule has 1 unspecified atom stereocenters. The number of hydrogen-bond donors (Lipinski definition) is 3. The predicted octanol–water partition coefficient (Wildman–Crippen LogP) is 1.34. The van der Waals surface area contributed by atoms with Crippen molar-refractivity contribution in [3.63, 3.8) is 0 Å². The minimum absolute atomic E-state index is 0. The van der Waals surface area contributed by atoms with Crippen molar-refractivity contribution in [1.29, 1.82) is 0 Å². The zero-order valence-corrected chi connectivity index (χ0v) is 10.6. The minimum Gasteiger partial charge on any atom is -0.508 e. The molecule has 2 rings (SSSR count). The number of rotatable bonds is 2. The first-order valence-corrected chi connectivity index (χ1v) is 5.06. The highest BCUT2D eigenvalue weighted by molar-refractivity contribution is 5.85. The topological polar surface area (TPSA) is 44.3 Å². The highest BCUT2D eigenvalue weighted by atomic mass is 35.5. The van der Waals surface area contributed by atoms with Crippen LogP contribution in [0, 0.1) is 0 Å². The summed E-state index contributed by atoms with van der Waals surface area (Å²) in [6.45, 7) is 3.13. The van der Waals surface area contributed by atoms with E-state index in [0.717, 1.165) is 26.1 Å². The lowest BCUT2D eigenvalue weighted by Gasteiger charge is -2.24. The van der Waals surface area contributed by atoms with Crippen LogP contribution >= 0.6 is 24.8 Å². The maximum absolute atomic E-state index is 9.13. The molecule has 5 heteroatoms. The molecule has 1 atom stereocenters. The van der Waals surface area contributed by atoms with Crippen molar-refractivity contribution in [2.24, 2.45) is 0 Å². The third kappa shape index (κ3) is 4.58. The van der Waals surface area contributed by atoms with E-state index in [1.54, 1.807) is 12.1 Å². The summed E-state index contributed by atoms with van der Waals surface area (Å²) in [5.74, 6) is 0.337. The van der Waals surface area contributed by atoms with E-state index < -0.39 is 0 Å². The number of halogens is 2. The number of phenols is 1. The number of aromatic hydroxyl groups is 1. The average Bonchev–Trinajstić information content (AvgIpc) is 2.23. The van der Waals surface area contributed by atoms with Gasteiger partial charge in [-0.2, -0.15) is 0 Å². The van der Waals surface area contributed by atoms with Gasteiger partial charge in [-0.15, -0.1) is 24.8 Å².